The molecule has 174 valence electrons. The average molecular weight is 471 g/mol. The second-order valence-corrected chi connectivity index (χ2v) is 8.21. The number of hydrogen-bond donors (Lipinski definition) is 2. The first-order valence-electron chi connectivity index (χ1n) is 9.99. The van der Waals surface area contributed by atoms with Gasteiger partial charge in [-0.15, -0.1) is 0 Å². The Kier molecular flexibility index (Phi) is 8.12. The number of aryl methyl sites for hydroxylation is 1. The average Bonchev–Trinajstić information content (AvgIpc) is 2.69. The molecule has 2 rings (SSSR count). The third-order valence-electron chi connectivity index (χ3n) is 5.24. The van der Waals surface area contributed by atoms with Gasteiger partial charge in [0.1, 0.15) is 5.82 Å². The van der Waals surface area contributed by atoms with Crippen LogP contribution in [0.5, 0.6) is 0 Å². The van der Waals surface area contributed by atoms with Gasteiger partial charge >= 0.3 is 18.0 Å². The van der Waals surface area contributed by atoms with Gasteiger partial charge in [0.05, 0.1) is 28.5 Å². The largest absolute Gasteiger partial charge is 0.417 e. The van der Waals surface area contributed by atoms with Crippen molar-refractivity contribution in [3.63, 3.8) is 0 Å². The lowest BCUT2D eigenvalue weighted by atomic mass is 9.89. The summed E-state index contributed by atoms with van der Waals surface area (Å²) in [5.41, 5.74) is 5.83. The normalized spacial score (nSPS) is 20.2. The number of allylic oxidation sites excluding steroid dienone is 3. The van der Waals surface area contributed by atoms with E-state index >= 15 is 0 Å². The van der Waals surface area contributed by atoms with Crippen molar-refractivity contribution < 1.29 is 22.8 Å². The van der Waals surface area contributed by atoms with Gasteiger partial charge in [-0.3, -0.25) is 9.59 Å². The quantitative estimate of drug-likeness (QED) is 0.492. The van der Waals surface area contributed by atoms with Crippen LogP contribution in [-0.4, -0.2) is 40.5 Å². The number of piperidine rings is 1. The van der Waals surface area contributed by atoms with E-state index in [9.17, 15) is 22.8 Å². The molecule has 3 N–H and O–H groups in total. The number of nitrogens with zero attached hydrogens (tertiary/aromatic N) is 2. The number of nitrogens with one attached hydrogen (secondary N) is 1. The van der Waals surface area contributed by atoms with Crippen LogP contribution in [0.3, 0.4) is 0 Å². The van der Waals surface area contributed by atoms with Gasteiger partial charge in [-0.1, -0.05) is 31.2 Å². The van der Waals surface area contributed by atoms with Crippen LogP contribution in [0.2, 0.25) is 0 Å². The monoisotopic (exact) mass is 470 g/mol. The van der Waals surface area contributed by atoms with Crippen molar-refractivity contribution in [3.05, 3.63) is 52.7 Å². The summed E-state index contributed by atoms with van der Waals surface area (Å²) in [7, 11) is 0. The highest BCUT2D eigenvalue weighted by molar-refractivity contribution is 6.39. The van der Waals surface area contributed by atoms with E-state index in [-0.39, 0.29) is 18.0 Å². The minimum absolute atomic E-state index is 0.108. The van der Waals surface area contributed by atoms with Crippen LogP contribution >= 0.6 is 11.6 Å². The molecule has 10 heteroatoms. The van der Waals surface area contributed by atoms with Crippen LogP contribution in [0.15, 0.2) is 47.2 Å². The summed E-state index contributed by atoms with van der Waals surface area (Å²) >= 11 is 5.91. The summed E-state index contributed by atoms with van der Waals surface area (Å²) in [4.78, 5) is 30.8. The number of anilines is 2. The van der Waals surface area contributed by atoms with E-state index < -0.39 is 34.6 Å². The van der Waals surface area contributed by atoms with E-state index in [4.69, 9.17) is 17.3 Å². The molecular formula is C22H26ClF3N4O2. The molecule has 2 amide bonds. The van der Waals surface area contributed by atoms with Gasteiger partial charge in [-0.25, -0.2) is 4.98 Å². The Bertz CT molecular complexity index is 972. The predicted octanol–water partition coefficient (Wildman–Crippen LogP) is 4.73. The van der Waals surface area contributed by atoms with Crippen molar-refractivity contribution >= 4 is 34.9 Å². The van der Waals surface area contributed by atoms with Crippen molar-refractivity contribution in [2.45, 2.75) is 45.8 Å². The maximum absolute atomic E-state index is 13.1. The van der Waals surface area contributed by atoms with E-state index in [1.54, 1.807) is 13.0 Å². The fourth-order valence-electron chi connectivity index (χ4n) is 3.50. The second-order valence-electron chi connectivity index (χ2n) is 7.80. The van der Waals surface area contributed by atoms with Gasteiger partial charge in [0.15, 0.2) is 0 Å². The summed E-state index contributed by atoms with van der Waals surface area (Å²) < 4.78 is 39.4. The standard InChI is InChI=1S/C22H26ClF3N4O2/c1-5-16(22(24,25)26)17(23)9-13(3)18-7-6-12(2)11-30(18)21(32)20(31)29-15-8-14(4)19(27)28-10-15/h5,8-10,12,18H,3,6-7,11H2,1-2,4H3,(H2,27,28)(H,29,31)/b16-5+,17-9+/t12-,18+/m1/s1. The van der Waals surface area contributed by atoms with Crippen molar-refractivity contribution in [3.8, 4) is 0 Å². The fourth-order valence-corrected chi connectivity index (χ4v) is 3.86. The molecule has 0 aromatic carbocycles. The molecule has 1 aromatic heterocycles. The molecule has 1 aromatic rings. The third kappa shape index (κ3) is 6.12. The molecule has 0 bridgehead atoms. The zero-order chi connectivity index (χ0) is 24.2. The number of amides is 2. The van der Waals surface area contributed by atoms with Crippen LogP contribution in [0.4, 0.5) is 24.7 Å². The number of nitrogens with two attached hydrogens (primary N) is 1. The summed E-state index contributed by atoms with van der Waals surface area (Å²) in [6.45, 7) is 8.96. The van der Waals surface area contributed by atoms with E-state index in [2.05, 4.69) is 16.9 Å². The lowest BCUT2D eigenvalue weighted by molar-refractivity contribution is -0.145. The first-order chi connectivity index (χ1) is 14.8. The number of carbonyl (C=O) groups excluding carboxylic acids is 2. The topological polar surface area (TPSA) is 88.3 Å². The molecule has 6 nitrogen and oxygen atoms in total. The first kappa shape index (κ1) is 25.5. The molecule has 0 aliphatic carbocycles. The molecule has 2 heterocycles. The Morgan fingerprint density at radius 2 is 2.03 bits per heavy atom. The van der Waals surface area contributed by atoms with Gasteiger partial charge in [0, 0.05) is 6.54 Å². The zero-order valence-corrected chi connectivity index (χ0v) is 18.8. The minimum atomic E-state index is -4.62. The molecule has 1 aliphatic heterocycles. The van der Waals surface area contributed by atoms with Crippen molar-refractivity contribution in [1.82, 2.24) is 9.88 Å². The van der Waals surface area contributed by atoms with E-state index in [0.29, 0.717) is 23.5 Å². The molecule has 2 atom stereocenters. The van der Waals surface area contributed by atoms with Crippen molar-refractivity contribution in [2.24, 2.45) is 5.92 Å². The van der Waals surface area contributed by atoms with E-state index in [0.717, 1.165) is 18.6 Å². The molecule has 1 fully saturated rings. The molecule has 1 aliphatic rings. The number of likely N-dealkylation sites (tertiary alicyclic amines) is 1. The highest BCUT2D eigenvalue weighted by Crippen LogP contribution is 2.35. The Labute approximate surface area is 190 Å². The highest BCUT2D eigenvalue weighted by Gasteiger charge is 2.37. The molecule has 0 spiro atoms. The van der Waals surface area contributed by atoms with Crippen molar-refractivity contribution in [2.75, 3.05) is 17.6 Å². The molecule has 0 unspecified atom stereocenters. The summed E-state index contributed by atoms with van der Waals surface area (Å²) in [5, 5.41) is 1.97. The van der Waals surface area contributed by atoms with Crippen molar-refractivity contribution in [1.29, 1.82) is 0 Å². The number of nitrogen functional groups attached to an aromatic ring is 1. The number of rotatable bonds is 4. The second kappa shape index (κ2) is 10.2. The molecular weight excluding hydrogens is 445 g/mol. The number of alkyl halides is 3. The number of carbonyl (C=O) groups is 2. The number of halogens is 4. The van der Waals surface area contributed by atoms with Crippen LogP contribution in [0, 0.1) is 12.8 Å². The summed E-state index contributed by atoms with van der Waals surface area (Å²) in [6.07, 6.45) is -0.146. The Hall–Kier alpha value is -2.81. The van der Waals surface area contributed by atoms with Gasteiger partial charge in [-0.05, 0) is 55.9 Å². The van der Waals surface area contributed by atoms with Crippen LogP contribution < -0.4 is 11.1 Å². The lowest BCUT2D eigenvalue weighted by Gasteiger charge is -2.38. The summed E-state index contributed by atoms with van der Waals surface area (Å²) in [6, 6.07) is 0.928. The highest BCUT2D eigenvalue weighted by atomic mass is 35.5. The molecule has 1 saturated heterocycles. The smallest absolute Gasteiger partial charge is 0.383 e. The lowest BCUT2D eigenvalue weighted by Crippen LogP contribution is -2.50. The first-order valence-corrected chi connectivity index (χ1v) is 10.4. The predicted molar refractivity (Wildman–Crippen MR) is 119 cm³/mol. The molecule has 32 heavy (non-hydrogen) atoms. The molecule has 0 saturated carbocycles. The van der Waals surface area contributed by atoms with Gasteiger partial charge in [0.2, 0.25) is 0 Å². The van der Waals surface area contributed by atoms with E-state index in [1.807, 2.05) is 6.92 Å². The Balaban J connectivity index is 2.24. The Morgan fingerprint density at radius 1 is 1.38 bits per heavy atom. The van der Waals surface area contributed by atoms with Crippen LogP contribution in [-0.2, 0) is 9.59 Å². The molecule has 0 radical (unpaired) electrons. The van der Waals surface area contributed by atoms with Crippen LogP contribution in [0.1, 0.15) is 32.3 Å². The number of hydrogen-bond acceptors (Lipinski definition) is 4. The van der Waals surface area contributed by atoms with Gasteiger partial charge < -0.3 is 16.0 Å². The minimum Gasteiger partial charge on any atom is -0.383 e. The summed E-state index contributed by atoms with van der Waals surface area (Å²) in [5.74, 6) is -1.29. The number of pyridine rings is 1. The SMILES string of the molecule is C=C(/C=C(Cl)\C(=C/C)C(F)(F)F)[C@@H]1CC[C@@H](C)CN1C(=O)C(=O)Nc1cnc(N)c(C)c1. The number of aromatic nitrogens is 1. The zero-order valence-electron chi connectivity index (χ0n) is 18.1. The van der Waals surface area contributed by atoms with Gasteiger partial charge in [-0.2, -0.15) is 13.2 Å². The van der Waals surface area contributed by atoms with E-state index in [1.165, 1.54) is 18.0 Å². The van der Waals surface area contributed by atoms with Gasteiger partial charge in [0.25, 0.3) is 0 Å². The fraction of sp³-hybridized carbons (Fsp3) is 0.409. The Morgan fingerprint density at radius 3 is 2.59 bits per heavy atom. The maximum atomic E-state index is 13.1. The van der Waals surface area contributed by atoms with Crippen LogP contribution in [0.25, 0.3) is 0 Å². The third-order valence-corrected chi connectivity index (χ3v) is 5.55. The maximum Gasteiger partial charge on any atom is 0.417 e.